The predicted molar refractivity (Wildman–Crippen MR) is 64.6 cm³/mol. The summed E-state index contributed by atoms with van der Waals surface area (Å²) in [5.41, 5.74) is 0. The molecule has 0 spiro atoms. The van der Waals surface area contributed by atoms with Crippen molar-refractivity contribution in [3.63, 3.8) is 0 Å². The Labute approximate surface area is 137 Å². The fraction of sp³-hybridized carbons (Fsp3) is 0.846. The van der Waals surface area contributed by atoms with Crippen LogP contribution in [-0.4, -0.2) is 29.8 Å². The van der Waals surface area contributed by atoms with Crippen LogP contribution in [0.1, 0.15) is 58.3 Å². The van der Waals surface area contributed by atoms with Crippen molar-refractivity contribution in [2.45, 2.75) is 64.4 Å². The van der Waals surface area contributed by atoms with Gasteiger partial charge >= 0.3 is 35.5 Å². The number of carboxylic acids is 1. The number of carboxylic acid groups (broad SMARTS) is 1. The zero-order chi connectivity index (χ0) is 13.8. The largest absolute Gasteiger partial charge is 1.00 e. The molecule has 0 aliphatic heterocycles. The average molecular weight is 282 g/mol. The third kappa shape index (κ3) is 14.1. The molecule has 0 rings (SSSR count). The molecule has 0 unspecified atom stereocenters. The van der Waals surface area contributed by atoms with E-state index in [1.54, 1.807) is 0 Å². The van der Waals surface area contributed by atoms with Crippen LogP contribution < -0.4 is 34.7 Å². The van der Waals surface area contributed by atoms with Gasteiger partial charge in [-0.1, -0.05) is 39.0 Å². The number of aliphatic carboxylic acids is 1. The summed E-state index contributed by atoms with van der Waals surface area (Å²) < 4.78 is 4.84. The van der Waals surface area contributed by atoms with Gasteiger partial charge in [0, 0.05) is 5.97 Å². The first-order valence-corrected chi connectivity index (χ1v) is 6.62. The third-order valence-corrected chi connectivity index (χ3v) is 2.64. The molecule has 1 N–H and O–H groups in total. The molecule has 0 saturated heterocycles. The first kappa shape index (κ1) is 21.2. The summed E-state index contributed by atoms with van der Waals surface area (Å²) in [5.74, 6) is -2.03. The summed E-state index contributed by atoms with van der Waals surface area (Å²) in [6.45, 7) is 2.43. The van der Waals surface area contributed by atoms with E-state index in [9.17, 15) is 19.8 Å². The van der Waals surface area contributed by atoms with Gasteiger partial charge in [-0.25, -0.2) is 4.79 Å². The number of carbonyl (C=O) groups excluding carboxylic acids is 2. The molecule has 0 aromatic carbocycles. The SMILES string of the molecule is CCCCCCCCOC(=O)[C@H](O)CCC(=O)[O-].[Na+]. The van der Waals surface area contributed by atoms with Gasteiger partial charge in [0.05, 0.1) is 6.61 Å². The maximum absolute atomic E-state index is 11.2. The number of hydrogen-bond donors (Lipinski definition) is 1. The molecule has 0 bridgehead atoms. The molecule has 0 aromatic rings. The second kappa shape index (κ2) is 14.3. The van der Waals surface area contributed by atoms with E-state index in [2.05, 4.69) is 6.92 Å². The van der Waals surface area contributed by atoms with Gasteiger partial charge in [-0.3, -0.25) is 0 Å². The van der Waals surface area contributed by atoms with Gasteiger partial charge in [-0.2, -0.15) is 0 Å². The summed E-state index contributed by atoms with van der Waals surface area (Å²) in [6, 6.07) is 0. The molecular formula is C13H23NaO5. The quantitative estimate of drug-likeness (QED) is 0.264. The van der Waals surface area contributed by atoms with Gasteiger partial charge in [0.1, 0.15) is 0 Å². The van der Waals surface area contributed by atoms with Crippen LogP contribution in [0.25, 0.3) is 0 Å². The molecule has 0 aliphatic carbocycles. The van der Waals surface area contributed by atoms with Gasteiger partial charge in [0.25, 0.3) is 0 Å². The molecule has 0 fully saturated rings. The van der Waals surface area contributed by atoms with E-state index in [4.69, 9.17) is 4.74 Å². The summed E-state index contributed by atoms with van der Waals surface area (Å²) in [7, 11) is 0. The topological polar surface area (TPSA) is 86.7 Å². The van der Waals surface area contributed by atoms with E-state index in [1.807, 2.05) is 0 Å². The van der Waals surface area contributed by atoms with Crippen LogP contribution in [0.5, 0.6) is 0 Å². The normalized spacial score (nSPS) is 11.5. The summed E-state index contributed by atoms with van der Waals surface area (Å²) in [4.78, 5) is 21.3. The maximum atomic E-state index is 11.2. The Morgan fingerprint density at radius 3 is 2.32 bits per heavy atom. The summed E-state index contributed by atoms with van der Waals surface area (Å²) in [5, 5.41) is 19.4. The average Bonchev–Trinajstić information content (AvgIpc) is 2.34. The van der Waals surface area contributed by atoms with Gasteiger partial charge in [0.15, 0.2) is 6.10 Å². The number of ether oxygens (including phenoxy) is 1. The first-order valence-electron chi connectivity index (χ1n) is 6.62. The molecule has 0 aromatic heterocycles. The van der Waals surface area contributed by atoms with E-state index in [1.165, 1.54) is 19.3 Å². The van der Waals surface area contributed by atoms with E-state index >= 15 is 0 Å². The zero-order valence-electron chi connectivity index (χ0n) is 12.0. The molecule has 0 amide bonds. The van der Waals surface area contributed by atoms with Crippen molar-refractivity contribution in [3.05, 3.63) is 0 Å². The predicted octanol–water partition coefficient (Wildman–Crippen LogP) is -2.21. The monoisotopic (exact) mass is 282 g/mol. The number of rotatable bonds is 11. The van der Waals surface area contributed by atoms with Crippen molar-refractivity contribution in [1.82, 2.24) is 0 Å². The fourth-order valence-electron chi connectivity index (χ4n) is 1.52. The van der Waals surface area contributed by atoms with Crippen LogP contribution in [-0.2, 0) is 14.3 Å². The Bertz CT molecular complexity index is 245. The van der Waals surface area contributed by atoms with Crippen molar-refractivity contribution in [2.24, 2.45) is 0 Å². The standard InChI is InChI=1S/C13H24O5.Na/c1-2-3-4-5-6-7-10-18-13(17)11(14)8-9-12(15)16;/h11,14H,2-10H2,1H3,(H,15,16);/q;+1/p-1/t11-;/m1./s1. The Hall–Kier alpha value is -0.100. The first-order chi connectivity index (χ1) is 8.57. The van der Waals surface area contributed by atoms with Crippen molar-refractivity contribution >= 4 is 11.9 Å². The molecule has 6 heteroatoms. The molecular weight excluding hydrogens is 259 g/mol. The van der Waals surface area contributed by atoms with E-state index in [0.29, 0.717) is 0 Å². The van der Waals surface area contributed by atoms with Crippen LogP contribution in [0.2, 0.25) is 0 Å². The molecule has 5 nitrogen and oxygen atoms in total. The van der Waals surface area contributed by atoms with Gasteiger partial charge in [-0.05, 0) is 19.3 Å². The number of aliphatic hydroxyl groups excluding tert-OH is 1. The van der Waals surface area contributed by atoms with Crippen LogP contribution in [0, 0.1) is 0 Å². The number of carbonyl (C=O) groups is 2. The second-order valence-electron chi connectivity index (χ2n) is 4.36. The minimum atomic E-state index is -1.36. The Morgan fingerprint density at radius 2 is 1.74 bits per heavy atom. The van der Waals surface area contributed by atoms with Crippen LogP contribution in [0.3, 0.4) is 0 Å². The third-order valence-electron chi connectivity index (χ3n) is 2.64. The van der Waals surface area contributed by atoms with E-state index in [0.717, 1.165) is 19.3 Å². The molecule has 0 heterocycles. The van der Waals surface area contributed by atoms with Crippen molar-refractivity contribution < 1.29 is 54.1 Å². The number of unbranched alkanes of at least 4 members (excludes halogenated alkanes) is 5. The minimum Gasteiger partial charge on any atom is -0.550 e. The van der Waals surface area contributed by atoms with Crippen molar-refractivity contribution in [1.29, 1.82) is 0 Å². The second-order valence-corrected chi connectivity index (χ2v) is 4.36. The molecule has 106 valence electrons. The Morgan fingerprint density at radius 1 is 1.16 bits per heavy atom. The maximum Gasteiger partial charge on any atom is 1.00 e. The molecule has 0 aliphatic rings. The van der Waals surface area contributed by atoms with Crippen molar-refractivity contribution in [3.8, 4) is 0 Å². The van der Waals surface area contributed by atoms with Gasteiger partial charge in [0.2, 0.25) is 0 Å². The Balaban J connectivity index is 0. The summed E-state index contributed by atoms with van der Waals surface area (Å²) in [6.07, 6.45) is 4.66. The molecule has 0 saturated carbocycles. The van der Waals surface area contributed by atoms with E-state index in [-0.39, 0.29) is 49.0 Å². The molecule has 1 atom stereocenters. The molecule has 0 radical (unpaired) electrons. The van der Waals surface area contributed by atoms with Crippen LogP contribution in [0.15, 0.2) is 0 Å². The number of hydrogen-bond acceptors (Lipinski definition) is 5. The summed E-state index contributed by atoms with van der Waals surface area (Å²) >= 11 is 0. The fourth-order valence-corrected chi connectivity index (χ4v) is 1.52. The van der Waals surface area contributed by atoms with Gasteiger partial charge < -0.3 is 19.7 Å². The van der Waals surface area contributed by atoms with Gasteiger partial charge in [-0.15, -0.1) is 0 Å². The minimum absolute atomic E-state index is 0. The van der Waals surface area contributed by atoms with Crippen molar-refractivity contribution in [2.75, 3.05) is 6.61 Å². The molecule has 19 heavy (non-hydrogen) atoms. The van der Waals surface area contributed by atoms with Crippen LogP contribution >= 0.6 is 0 Å². The number of aliphatic hydroxyl groups is 1. The zero-order valence-corrected chi connectivity index (χ0v) is 14.0. The number of esters is 1. The van der Waals surface area contributed by atoms with E-state index < -0.39 is 18.0 Å². The Kier molecular flexibility index (Phi) is 16.0. The van der Waals surface area contributed by atoms with Crippen LogP contribution in [0.4, 0.5) is 0 Å². The smallest absolute Gasteiger partial charge is 0.550 e.